The topological polar surface area (TPSA) is 85.2 Å². The fourth-order valence-electron chi connectivity index (χ4n) is 2.21. The molecule has 1 saturated heterocycles. The highest BCUT2D eigenvalue weighted by Crippen LogP contribution is 2.22. The van der Waals surface area contributed by atoms with Gasteiger partial charge in [-0.05, 0) is 47.5 Å². The second-order valence-corrected chi connectivity index (χ2v) is 7.04. The Morgan fingerprint density at radius 2 is 2.00 bits per heavy atom. The molecule has 2 N–H and O–H groups in total. The monoisotopic (exact) mass is 330 g/mol. The van der Waals surface area contributed by atoms with Crippen molar-refractivity contribution in [3.05, 3.63) is 12.2 Å². The average Bonchev–Trinajstić information content (AvgIpc) is 2.39. The normalized spacial score (nSPS) is 30.4. The molecule has 0 saturated carbocycles. The third-order valence-electron chi connectivity index (χ3n) is 3.45. The first kappa shape index (κ1) is 20.1. The lowest BCUT2D eigenvalue weighted by Crippen LogP contribution is -2.48. The molecule has 1 aliphatic heterocycles. The van der Waals surface area contributed by atoms with Crippen LogP contribution in [-0.4, -0.2) is 52.5 Å². The molecule has 0 aliphatic carbocycles. The van der Waals surface area contributed by atoms with Gasteiger partial charge in [-0.2, -0.15) is 0 Å². The molecular weight excluding hydrogens is 300 g/mol. The van der Waals surface area contributed by atoms with Crippen LogP contribution >= 0.6 is 0 Å². The highest BCUT2D eigenvalue weighted by atomic mass is 16.7. The molecule has 5 atom stereocenters. The van der Waals surface area contributed by atoms with Crippen LogP contribution in [0, 0.1) is 0 Å². The van der Waals surface area contributed by atoms with Gasteiger partial charge in [0.1, 0.15) is 11.7 Å². The van der Waals surface area contributed by atoms with Gasteiger partial charge in [0.2, 0.25) is 0 Å². The van der Waals surface area contributed by atoms with E-state index in [-0.39, 0.29) is 24.6 Å². The van der Waals surface area contributed by atoms with Crippen molar-refractivity contribution in [2.45, 2.75) is 90.2 Å². The highest BCUT2D eigenvalue weighted by Gasteiger charge is 2.35. The zero-order chi connectivity index (χ0) is 17.6. The Morgan fingerprint density at radius 3 is 2.61 bits per heavy atom. The van der Waals surface area contributed by atoms with Crippen molar-refractivity contribution in [1.29, 1.82) is 0 Å². The van der Waals surface area contributed by atoms with Gasteiger partial charge >= 0.3 is 5.97 Å². The molecule has 23 heavy (non-hydrogen) atoms. The van der Waals surface area contributed by atoms with E-state index in [9.17, 15) is 15.0 Å². The van der Waals surface area contributed by atoms with Gasteiger partial charge in [0.05, 0.1) is 18.3 Å². The molecule has 0 spiro atoms. The Labute approximate surface area is 138 Å². The molecule has 6 heteroatoms. The zero-order valence-corrected chi connectivity index (χ0v) is 14.7. The number of aliphatic hydroxyl groups excluding tert-OH is 2. The van der Waals surface area contributed by atoms with Crippen molar-refractivity contribution in [2.75, 3.05) is 0 Å². The van der Waals surface area contributed by atoms with Crippen LogP contribution in [0.15, 0.2) is 12.2 Å². The van der Waals surface area contributed by atoms with Gasteiger partial charge in [-0.15, -0.1) is 0 Å². The predicted molar refractivity (Wildman–Crippen MR) is 85.7 cm³/mol. The third-order valence-corrected chi connectivity index (χ3v) is 3.45. The van der Waals surface area contributed by atoms with Gasteiger partial charge in [-0.25, -0.2) is 4.79 Å². The first-order chi connectivity index (χ1) is 10.6. The standard InChI is InChI=1S/C17H30O6/c1-11(8-6-7-9-15(20)23-17(3,4)5)21-16-14(19)10-13(18)12(2)22-16/h7,9,11-14,16,18-19H,6,8,10H2,1-5H3/b9-7+/t11-,12?,13-,14?,16?/m1/s1. The highest BCUT2D eigenvalue weighted by molar-refractivity contribution is 5.82. The number of hydrogen-bond donors (Lipinski definition) is 2. The van der Waals surface area contributed by atoms with Gasteiger partial charge in [0.25, 0.3) is 0 Å². The van der Waals surface area contributed by atoms with Crippen molar-refractivity contribution in [3.63, 3.8) is 0 Å². The number of carbonyl (C=O) groups is 1. The molecule has 1 aliphatic rings. The summed E-state index contributed by atoms with van der Waals surface area (Å²) in [6, 6.07) is 0. The first-order valence-corrected chi connectivity index (χ1v) is 8.15. The van der Waals surface area contributed by atoms with Gasteiger partial charge in [0.15, 0.2) is 6.29 Å². The number of hydrogen-bond acceptors (Lipinski definition) is 6. The summed E-state index contributed by atoms with van der Waals surface area (Å²) < 4.78 is 16.3. The summed E-state index contributed by atoms with van der Waals surface area (Å²) in [6.45, 7) is 9.10. The van der Waals surface area contributed by atoms with E-state index in [1.165, 1.54) is 6.08 Å². The summed E-state index contributed by atoms with van der Waals surface area (Å²) in [4.78, 5) is 11.5. The molecule has 1 heterocycles. The molecule has 134 valence electrons. The lowest BCUT2D eigenvalue weighted by Gasteiger charge is -2.36. The Morgan fingerprint density at radius 1 is 1.35 bits per heavy atom. The molecule has 0 aromatic heterocycles. The van der Waals surface area contributed by atoms with E-state index in [4.69, 9.17) is 14.2 Å². The maximum absolute atomic E-state index is 11.5. The Kier molecular flexibility index (Phi) is 7.67. The van der Waals surface area contributed by atoms with Crippen LogP contribution in [0.3, 0.4) is 0 Å². The minimum atomic E-state index is -0.832. The van der Waals surface area contributed by atoms with E-state index in [0.29, 0.717) is 12.8 Å². The quantitative estimate of drug-likeness (QED) is 0.572. The molecule has 0 aromatic rings. The average molecular weight is 330 g/mol. The van der Waals surface area contributed by atoms with Crippen LogP contribution in [0.2, 0.25) is 0 Å². The van der Waals surface area contributed by atoms with E-state index in [1.54, 1.807) is 13.0 Å². The summed E-state index contributed by atoms with van der Waals surface area (Å²) >= 11 is 0. The molecule has 6 nitrogen and oxygen atoms in total. The Balaban J connectivity index is 2.29. The van der Waals surface area contributed by atoms with E-state index >= 15 is 0 Å². The van der Waals surface area contributed by atoms with Gasteiger partial charge in [0, 0.05) is 12.5 Å². The van der Waals surface area contributed by atoms with E-state index < -0.39 is 24.1 Å². The Hall–Kier alpha value is -0.950. The molecule has 0 amide bonds. The van der Waals surface area contributed by atoms with Gasteiger partial charge < -0.3 is 24.4 Å². The second kappa shape index (κ2) is 8.78. The van der Waals surface area contributed by atoms with Crippen LogP contribution in [0.1, 0.15) is 53.9 Å². The van der Waals surface area contributed by atoms with Crippen LogP contribution in [-0.2, 0) is 19.0 Å². The maximum Gasteiger partial charge on any atom is 0.330 e. The van der Waals surface area contributed by atoms with Crippen molar-refractivity contribution in [1.82, 2.24) is 0 Å². The summed E-state index contributed by atoms with van der Waals surface area (Å²) in [5, 5.41) is 19.5. The van der Waals surface area contributed by atoms with E-state index in [1.807, 2.05) is 27.7 Å². The molecular formula is C17H30O6. The van der Waals surface area contributed by atoms with Gasteiger partial charge in [-0.3, -0.25) is 0 Å². The minimum absolute atomic E-state index is 0.139. The number of allylic oxidation sites excluding steroid dienone is 1. The number of rotatable bonds is 6. The van der Waals surface area contributed by atoms with Crippen LogP contribution < -0.4 is 0 Å². The van der Waals surface area contributed by atoms with Crippen LogP contribution in [0.4, 0.5) is 0 Å². The largest absolute Gasteiger partial charge is 0.457 e. The lowest BCUT2D eigenvalue weighted by molar-refractivity contribution is -0.273. The lowest BCUT2D eigenvalue weighted by atomic mass is 10.0. The number of ether oxygens (including phenoxy) is 3. The SMILES string of the molecule is CC1OC(O[C@H](C)CC/C=C/C(=O)OC(C)(C)C)C(O)C[C@H]1O. The summed E-state index contributed by atoms with van der Waals surface area (Å²) in [7, 11) is 0. The fourth-order valence-corrected chi connectivity index (χ4v) is 2.21. The molecule has 0 radical (unpaired) electrons. The van der Waals surface area contributed by atoms with Crippen LogP contribution in [0.25, 0.3) is 0 Å². The molecule has 1 rings (SSSR count). The fraction of sp³-hybridized carbons (Fsp3) is 0.824. The van der Waals surface area contributed by atoms with E-state index in [0.717, 1.165) is 0 Å². The summed E-state index contributed by atoms with van der Waals surface area (Å²) in [6.07, 6.45) is 2.03. The van der Waals surface area contributed by atoms with Crippen molar-refractivity contribution >= 4 is 5.97 Å². The van der Waals surface area contributed by atoms with Gasteiger partial charge in [-0.1, -0.05) is 6.08 Å². The minimum Gasteiger partial charge on any atom is -0.457 e. The zero-order valence-electron chi connectivity index (χ0n) is 14.7. The van der Waals surface area contributed by atoms with Crippen molar-refractivity contribution in [2.24, 2.45) is 0 Å². The summed E-state index contributed by atoms with van der Waals surface area (Å²) in [5.41, 5.74) is -0.493. The molecule has 3 unspecified atom stereocenters. The Bertz CT molecular complexity index is 400. The number of carbonyl (C=O) groups excluding carboxylic acids is 1. The molecule has 1 fully saturated rings. The molecule has 0 aromatic carbocycles. The number of esters is 1. The maximum atomic E-state index is 11.5. The summed E-state index contributed by atoms with van der Waals surface area (Å²) in [5.74, 6) is -0.361. The number of aliphatic hydroxyl groups is 2. The molecule has 0 bridgehead atoms. The van der Waals surface area contributed by atoms with Crippen molar-refractivity contribution < 1.29 is 29.2 Å². The van der Waals surface area contributed by atoms with Crippen molar-refractivity contribution in [3.8, 4) is 0 Å². The second-order valence-electron chi connectivity index (χ2n) is 7.04. The third kappa shape index (κ3) is 7.92. The smallest absolute Gasteiger partial charge is 0.330 e. The first-order valence-electron chi connectivity index (χ1n) is 8.15. The predicted octanol–water partition coefficient (Wildman–Crippen LogP) is 1.93. The van der Waals surface area contributed by atoms with E-state index in [2.05, 4.69) is 0 Å². The van der Waals surface area contributed by atoms with Crippen LogP contribution in [0.5, 0.6) is 0 Å².